The average molecular weight is 236 g/mol. The molecular formula is C13H24N4. The number of aryl methyl sites for hydroxylation is 1. The molecule has 1 aliphatic carbocycles. The third-order valence-electron chi connectivity index (χ3n) is 3.96. The van der Waals surface area contributed by atoms with E-state index in [0.717, 1.165) is 25.2 Å². The molecule has 0 spiro atoms. The van der Waals surface area contributed by atoms with Gasteiger partial charge in [0.05, 0.1) is 0 Å². The first-order valence-corrected chi connectivity index (χ1v) is 6.71. The molecule has 0 aromatic carbocycles. The summed E-state index contributed by atoms with van der Waals surface area (Å²) in [4.78, 5) is 4.43. The molecule has 2 atom stereocenters. The van der Waals surface area contributed by atoms with Crippen molar-refractivity contribution in [1.82, 2.24) is 20.1 Å². The molecule has 4 heteroatoms. The highest BCUT2D eigenvalue weighted by molar-refractivity contribution is 4.97. The Bertz CT molecular complexity index is 360. The van der Waals surface area contributed by atoms with E-state index in [9.17, 15) is 0 Å². The Labute approximate surface area is 104 Å². The normalized spacial score (nSPS) is 28.8. The van der Waals surface area contributed by atoms with Crippen LogP contribution in [0.2, 0.25) is 0 Å². The van der Waals surface area contributed by atoms with Crippen LogP contribution in [0.25, 0.3) is 0 Å². The summed E-state index contributed by atoms with van der Waals surface area (Å²) < 4.78 is 2.07. The van der Waals surface area contributed by atoms with Gasteiger partial charge < -0.3 is 5.32 Å². The van der Waals surface area contributed by atoms with Crippen LogP contribution >= 0.6 is 0 Å². The molecule has 1 aromatic heterocycles. The van der Waals surface area contributed by atoms with Crippen molar-refractivity contribution in [2.75, 3.05) is 7.05 Å². The van der Waals surface area contributed by atoms with Crippen LogP contribution in [-0.4, -0.2) is 27.9 Å². The van der Waals surface area contributed by atoms with Crippen molar-refractivity contribution in [2.45, 2.75) is 58.5 Å². The Balaban J connectivity index is 2.02. The molecule has 1 N–H and O–H groups in total. The zero-order valence-corrected chi connectivity index (χ0v) is 11.2. The molecule has 1 heterocycles. The molecule has 96 valence electrons. The van der Waals surface area contributed by atoms with E-state index in [1.807, 2.05) is 0 Å². The number of hydrogen-bond acceptors (Lipinski definition) is 3. The van der Waals surface area contributed by atoms with E-state index >= 15 is 0 Å². The van der Waals surface area contributed by atoms with Crippen molar-refractivity contribution in [3.8, 4) is 0 Å². The van der Waals surface area contributed by atoms with Gasteiger partial charge in [0, 0.05) is 19.0 Å². The number of nitrogens with zero attached hydrogens (tertiary/aromatic N) is 3. The summed E-state index contributed by atoms with van der Waals surface area (Å²) in [6, 6.07) is 0.683. The maximum atomic E-state index is 4.43. The molecular weight excluding hydrogens is 212 g/mol. The second kappa shape index (κ2) is 5.17. The van der Waals surface area contributed by atoms with Crippen molar-refractivity contribution in [1.29, 1.82) is 0 Å². The molecule has 4 nitrogen and oxygen atoms in total. The molecule has 2 unspecified atom stereocenters. The minimum Gasteiger partial charge on any atom is -0.317 e. The van der Waals surface area contributed by atoms with E-state index in [-0.39, 0.29) is 0 Å². The molecule has 0 aliphatic heterocycles. The quantitative estimate of drug-likeness (QED) is 0.850. The minimum absolute atomic E-state index is 0.395. The van der Waals surface area contributed by atoms with Gasteiger partial charge in [-0.05, 0) is 38.1 Å². The average Bonchev–Trinajstić information content (AvgIpc) is 2.88. The molecule has 1 saturated carbocycles. The maximum absolute atomic E-state index is 4.43. The predicted octanol–water partition coefficient (Wildman–Crippen LogP) is 2.01. The number of nitrogens with one attached hydrogen (secondary N) is 1. The van der Waals surface area contributed by atoms with Gasteiger partial charge >= 0.3 is 0 Å². The van der Waals surface area contributed by atoms with Crippen LogP contribution in [0, 0.1) is 5.41 Å². The lowest BCUT2D eigenvalue weighted by Gasteiger charge is -2.23. The summed E-state index contributed by atoms with van der Waals surface area (Å²) in [7, 11) is 2.07. The zero-order valence-electron chi connectivity index (χ0n) is 11.2. The Morgan fingerprint density at radius 2 is 2.41 bits per heavy atom. The number of rotatable bonds is 5. The van der Waals surface area contributed by atoms with Crippen LogP contribution in [-0.2, 0) is 13.0 Å². The summed E-state index contributed by atoms with van der Waals surface area (Å²) in [5.41, 5.74) is 0.395. The first kappa shape index (κ1) is 12.6. The molecule has 1 aliphatic rings. The molecule has 0 saturated heterocycles. The van der Waals surface area contributed by atoms with E-state index in [0.29, 0.717) is 11.5 Å². The number of hydrogen-bond donors (Lipinski definition) is 1. The topological polar surface area (TPSA) is 42.7 Å². The van der Waals surface area contributed by atoms with Gasteiger partial charge in [0.25, 0.3) is 0 Å². The summed E-state index contributed by atoms with van der Waals surface area (Å²) >= 11 is 0. The summed E-state index contributed by atoms with van der Waals surface area (Å²) in [5.74, 6) is 1.16. The van der Waals surface area contributed by atoms with Crippen molar-refractivity contribution >= 4 is 0 Å². The van der Waals surface area contributed by atoms with Gasteiger partial charge in [-0.2, -0.15) is 5.10 Å². The second-order valence-electron chi connectivity index (χ2n) is 5.62. The molecule has 1 fully saturated rings. The maximum Gasteiger partial charge on any atom is 0.138 e. The lowest BCUT2D eigenvalue weighted by Crippen LogP contribution is -2.25. The molecule has 0 bridgehead atoms. The summed E-state index contributed by atoms with van der Waals surface area (Å²) in [5, 5.41) is 7.70. The van der Waals surface area contributed by atoms with E-state index in [2.05, 4.69) is 41.0 Å². The zero-order chi connectivity index (χ0) is 12.3. The highest BCUT2D eigenvalue weighted by atomic mass is 15.3. The third-order valence-corrected chi connectivity index (χ3v) is 3.96. The molecule has 0 amide bonds. The van der Waals surface area contributed by atoms with E-state index in [1.165, 1.54) is 19.3 Å². The highest BCUT2D eigenvalue weighted by Crippen LogP contribution is 2.40. The Kier molecular flexibility index (Phi) is 3.82. The van der Waals surface area contributed by atoms with E-state index in [4.69, 9.17) is 0 Å². The molecule has 1 aromatic rings. The van der Waals surface area contributed by atoms with E-state index < -0.39 is 0 Å². The Hall–Kier alpha value is -0.900. The van der Waals surface area contributed by atoms with Gasteiger partial charge in [-0.25, -0.2) is 4.98 Å². The third kappa shape index (κ3) is 2.86. The van der Waals surface area contributed by atoms with Gasteiger partial charge in [0.1, 0.15) is 12.2 Å². The summed E-state index contributed by atoms with van der Waals surface area (Å²) in [6.07, 6.45) is 7.70. The molecule has 17 heavy (non-hydrogen) atoms. The Morgan fingerprint density at radius 3 is 3.06 bits per heavy atom. The van der Waals surface area contributed by atoms with Crippen molar-refractivity contribution in [2.24, 2.45) is 5.41 Å². The van der Waals surface area contributed by atoms with Crippen LogP contribution < -0.4 is 5.32 Å². The molecule has 2 rings (SSSR count). The van der Waals surface area contributed by atoms with Gasteiger partial charge in [0.2, 0.25) is 0 Å². The van der Waals surface area contributed by atoms with Gasteiger partial charge in [0.15, 0.2) is 0 Å². The first-order valence-electron chi connectivity index (χ1n) is 6.71. The smallest absolute Gasteiger partial charge is 0.138 e. The van der Waals surface area contributed by atoms with Crippen molar-refractivity contribution < 1.29 is 0 Å². The van der Waals surface area contributed by atoms with Crippen LogP contribution in [0.5, 0.6) is 0 Å². The fourth-order valence-corrected chi connectivity index (χ4v) is 2.93. The summed E-state index contributed by atoms with van der Waals surface area (Å²) in [6.45, 7) is 5.55. The lowest BCUT2D eigenvalue weighted by molar-refractivity contribution is 0.310. The van der Waals surface area contributed by atoms with Crippen molar-refractivity contribution in [3.05, 3.63) is 12.2 Å². The van der Waals surface area contributed by atoms with Gasteiger partial charge in [-0.1, -0.05) is 13.8 Å². The van der Waals surface area contributed by atoms with Crippen LogP contribution in [0.15, 0.2) is 6.33 Å². The van der Waals surface area contributed by atoms with Crippen molar-refractivity contribution in [3.63, 3.8) is 0 Å². The first-order chi connectivity index (χ1) is 8.17. The second-order valence-corrected chi connectivity index (χ2v) is 5.62. The van der Waals surface area contributed by atoms with Crippen LogP contribution in [0.3, 0.4) is 0 Å². The Morgan fingerprint density at radius 1 is 1.59 bits per heavy atom. The van der Waals surface area contributed by atoms with Crippen LogP contribution in [0.4, 0.5) is 0 Å². The molecule has 0 radical (unpaired) electrons. The lowest BCUT2D eigenvalue weighted by atomic mass is 9.84. The monoisotopic (exact) mass is 236 g/mol. The largest absolute Gasteiger partial charge is 0.317 e. The minimum atomic E-state index is 0.395. The van der Waals surface area contributed by atoms with Gasteiger partial charge in [-0.15, -0.1) is 0 Å². The van der Waals surface area contributed by atoms with E-state index in [1.54, 1.807) is 6.33 Å². The predicted molar refractivity (Wildman–Crippen MR) is 68.8 cm³/mol. The highest BCUT2D eigenvalue weighted by Gasteiger charge is 2.35. The van der Waals surface area contributed by atoms with Gasteiger partial charge in [-0.3, -0.25) is 4.68 Å². The SMILES string of the molecule is CCCn1ncnc1CC1(C)CCC(NC)C1. The fraction of sp³-hybridized carbons (Fsp3) is 0.846. The standard InChI is InChI=1S/C13H24N4/c1-4-7-17-12(15-10-16-17)9-13(2)6-5-11(8-13)14-3/h10-11,14H,4-9H2,1-3H3. The van der Waals surface area contributed by atoms with Crippen LogP contribution in [0.1, 0.15) is 45.4 Å². The number of aromatic nitrogens is 3. The fourth-order valence-electron chi connectivity index (χ4n) is 2.93.